The Labute approximate surface area is 150 Å². The molecule has 0 amide bonds. The van der Waals surface area contributed by atoms with Gasteiger partial charge in [-0.15, -0.1) is 0 Å². The summed E-state index contributed by atoms with van der Waals surface area (Å²) in [6, 6.07) is -0.177. The Morgan fingerprint density at radius 1 is 1.24 bits per heavy atom. The minimum atomic E-state index is -3.25. The summed E-state index contributed by atoms with van der Waals surface area (Å²) in [6.45, 7) is 5.70. The van der Waals surface area contributed by atoms with Gasteiger partial charge in [-0.2, -0.15) is 0 Å². The van der Waals surface area contributed by atoms with Crippen LogP contribution in [0, 0.1) is 0 Å². The van der Waals surface area contributed by atoms with Gasteiger partial charge < -0.3 is 5.11 Å². The Bertz CT molecular complexity index is 752. The normalized spacial score (nSPS) is 20.7. The highest BCUT2D eigenvalue weighted by atomic mass is 32.2. The minimum absolute atomic E-state index is 0.177. The minimum Gasteiger partial charge on any atom is -0.478 e. The average molecular weight is 365 g/mol. The lowest BCUT2D eigenvalue weighted by molar-refractivity contribution is -0.131. The van der Waals surface area contributed by atoms with Crippen LogP contribution in [0.1, 0.15) is 40.0 Å². The molecule has 1 aliphatic carbocycles. The Hall–Kier alpha value is -1.92. The Morgan fingerprint density at radius 3 is 2.52 bits per heavy atom. The van der Waals surface area contributed by atoms with Gasteiger partial charge in [0.05, 0.1) is 6.26 Å². The molecule has 0 aromatic rings. The summed E-state index contributed by atoms with van der Waals surface area (Å²) in [5, 5.41) is 8.66. The van der Waals surface area contributed by atoms with E-state index in [2.05, 4.69) is 4.72 Å². The maximum atomic E-state index is 11.5. The summed E-state index contributed by atoms with van der Waals surface area (Å²) in [4.78, 5) is 10.6. The third-order valence-electron chi connectivity index (χ3n) is 3.86. The molecule has 138 valence electrons. The third-order valence-corrected chi connectivity index (χ3v) is 4.58. The van der Waals surface area contributed by atoms with Gasteiger partial charge in [-0.1, -0.05) is 41.5 Å². The molecule has 5 nitrogen and oxygen atoms in total. The van der Waals surface area contributed by atoms with E-state index in [0.717, 1.165) is 36.5 Å². The molecule has 0 heterocycles. The zero-order chi connectivity index (χ0) is 19.0. The molecule has 1 atom stereocenters. The number of rotatable bonds is 7. The van der Waals surface area contributed by atoms with E-state index in [1.54, 1.807) is 19.1 Å². The SMILES string of the molecule is CC1=C(/C=C/C(C)=C/C=C/C(C)=C/C(=O)O)[C@@H](NS(C)(=O)=O)CCC1. The van der Waals surface area contributed by atoms with Crippen molar-refractivity contribution in [2.24, 2.45) is 0 Å². The van der Waals surface area contributed by atoms with Crippen LogP contribution in [-0.2, 0) is 14.8 Å². The molecule has 0 bridgehead atoms. The molecule has 6 heteroatoms. The van der Waals surface area contributed by atoms with Gasteiger partial charge >= 0.3 is 5.97 Å². The van der Waals surface area contributed by atoms with Crippen LogP contribution in [0.5, 0.6) is 0 Å². The lowest BCUT2D eigenvalue weighted by Gasteiger charge is -2.25. The molecule has 25 heavy (non-hydrogen) atoms. The number of carbonyl (C=O) groups is 1. The van der Waals surface area contributed by atoms with Crippen LogP contribution < -0.4 is 4.72 Å². The smallest absolute Gasteiger partial charge is 0.328 e. The van der Waals surface area contributed by atoms with E-state index < -0.39 is 16.0 Å². The quantitative estimate of drug-likeness (QED) is 0.534. The lowest BCUT2D eigenvalue weighted by atomic mass is 9.88. The van der Waals surface area contributed by atoms with E-state index in [9.17, 15) is 13.2 Å². The van der Waals surface area contributed by atoms with E-state index in [4.69, 9.17) is 5.11 Å². The van der Waals surface area contributed by atoms with Crippen LogP contribution in [0.2, 0.25) is 0 Å². The first-order valence-electron chi connectivity index (χ1n) is 8.19. The number of allylic oxidation sites excluding steroid dienone is 7. The maximum absolute atomic E-state index is 11.5. The second-order valence-electron chi connectivity index (χ2n) is 6.40. The number of carboxylic acids is 1. The van der Waals surface area contributed by atoms with Crippen molar-refractivity contribution in [2.45, 2.75) is 46.1 Å². The molecular weight excluding hydrogens is 338 g/mol. The van der Waals surface area contributed by atoms with Crippen LogP contribution in [0.25, 0.3) is 0 Å². The third kappa shape index (κ3) is 8.65. The first-order chi connectivity index (χ1) is 11.6. The highest BCUT2D eigenvalue weighted by Crippen LogP contribution is 2.26. The lowest BCUT2D eigenvalue weighted by Crippen LogP contribution is -2.36. The topological polar surface area (TPSA) is 83.5 Å². The molecule has 0 saturated heterocycles. The first-order valence-corrected chi connectivity index (χ1v) is 10.1. The van der Waals surface area contributed by atoms with Gasteiger partial charge in [0.25, 0.3) is 0 Å². The number of hydrogen-bond donors (Lipinski definition) is 2. The van der Waals surface area contributed by atoms with E-state index >= 15 is 0 Å². The summed E-state index contributed by atoms with van der Waals surface area (Å²) in [5.41, 5.74) is 3.87. The Kier molecular flexibility index (Phi) is 8.06. The van der Waals surface area contributed by atoms with E-state index in [1.165, 1.54) is 11.8 Å². The molecule has 2 N–H and O–H groups in total. The average Bonchev–Trinajstić information content (AvgIpc) is 2.44. The van der Waals surface area contributed by atoms with Gasteiger partial charge in [-0.3, -0.25) is 0 Å². The Balaban J connectivity index is 2.87. The van der Waals surface area contributed by atoms with Crippen LogP contribution in [-0.4, -0.2) is 31.8 Å². The van der Waals surface area contributed by atoms with E-state index in [1.807, 2.05) is 32.1 Å². The maximum Gasteiger partial charge on any atom is 0.328 e. The second-order valence-corrected chi connectivity index (χ2v) is 8.18. The first kappa shape index (κ1) is 21.1. The van der Waals surface area contributed by atoms with Crippen molar-refractivity contribution < 1.29 is 18.3 Å². The van der Waals surface area contributed by atoms with Crippen molar-refractivity contribution >= 4 is 16.0 Å². The van der Waals surface area contributed by atoms with Gasteiger partial charge in [0.15, 0.2) is 0 Å². The van der Waals surface area contributed by atoms with Crippen LogP contribution in [0.4, 0.5) is 0 Å². The fourth-order valence-corrected chi connectivity index (χ4v) is 3.44. The predicted octanol–water partition coefficient (Wildman–Crippen LogP) is 3.49. The molecule has 0 radical (unpaired) electrons. The fraction of sp³-hybridized carbons (Fsp3) is 0.421. The van der Waals surface area contributed by atoms with Gasteiger partial charge in [-0.25, -0.2) is 17.9 Å². The van der Waals surface area contributed by atoms with Crippen molar-refractivity contribution in [2.75, 3.05) is 6.26 Å². The number of nitrogens with one attached hydrogen (secondary N) is 1. The Morgan fingerprint density at radius 2 is 1.92 bits per heavy atom. The summed E-state index contributed by atoms with van der Waals surface area (Å²) < 4.78 is 25.8. The monoisotopic (exact) mass is 365 g/mol. The van der Waals surface area contributed by atoms with Gasteiger partial charge in [-0.05, 0) is 51.2 Å². The molecule has 1 rings (SSSR count). The van der Waals surface area contributed by atoms with Crippen molar-refractivity contribution in [1.29, 1.82) is 0 Å². The summed E-state index contributed by atoms with van der Waals surface area (Å²) >= 11 is 0. The number of sulfonamides is 1. The molecule has 0 unspecified atom stereocenters. The van der Waals surface area contributed by atoms with Gasteiger partial charge in [0.2, 0.25) is 10.0 Å². The molecule has 0 aromatic heterocycles. The highest BCUT2D eigenvalue weighted by Gasteiger charge is 2.21. The van der Waals surface area contributed by atoms with Gasteiger partial charge in [0.1, 0.15) is 0 Å². The predicted molar refractivity (Wildman–Crippen MR) is 102 cm³/mol. The summed E-state index contributed by atoms with van der Waals surface area (Å²) in [6.07, 6.45) is 14.4. The van der Waals surface area contributed by atoms with Crippen molar-refractivity contribution in [3.05, 3.63) is 58.7 Å². The van der Waals surface area contributed by atoms with Crippen molar-refractivity contribution in [3.63, 3.8) is 0 Å². The number of carboxylic acid groups (broad SMARTS) is 1. The summed E-state index contributed by atoms with van der Waals surface area (Å²) in [7, 11) is -3.25. The number of hydrogen-bond acceptors (Lipinski definition) is 3. The molecule has 0 aliphatic heterocycles. The van der Waals surface area contributed by atoms with Crippen molar-refractivity contribution in [3.8, 4) is 0 Å². The fourth-order valence-electron chi connectivity index (χ4n) is 2.68. The van der Waals surface area contributed by atoms with Crippen LogP contribution in [0.15, 0.2) is 58.7 Å². The van der Waals surface area contributed by atoms with Gasteiger partial charge in [0, 0.05) is 12.1 Å². The van der Waals surface area contributed by atoms with Crippen LogP contribution in [0.3, 0.4) is 0 Å². The molecule has 0 saturated carbocycles. The number of aliphatic carboxylic acids is 1. The second kappa shape index (κ2) is 9.53. The highest BCUT2D eigenvalue weighted by molar-refractivity contribution is 7.88. The van der Waals surface area contributed by atoms with Crippen LogP contribution >= 0.6 is 0 Å². The van der Waals surface area contributed by atoms with E-state index in [-0.39, 0.29) is 6.04 Å². The molecule has 1 aliphatic rings. The van der Waals surface area contributed by atoms with E-state index in [0.29, 0.717) is 5.57 Å². The summed E-state index contributed by atoms with van der Waals surface area (Å²) in [5.74, 6) is -0.966. The zero-order valence-corrected chi connectivity index (χ0v) is 16.1. The zero-order valence-electron chi connectivity index (χ0n) is 15.2. The molecule has 0 spiro atoms. The largest absolute Gasteiger partial charge is 0.478 e. The molecule has 0 aromatic carbocycles. The standard InChI is InChI=1S/C19H27NO4S/c1-14(7-5-8-15(2)13-19(21)22)11-12-17-16(3)9-6-10-18(17)20-25(4,23)24/h5,7-8,11-13,18,20H,6,9-10H2,1-4H3,(H,21,22)/b8-5+,12-11+,14-7+,15-13+/t18-/m0/s1. The molecular formula is C19H27NO4S. The molecule has 0 fully saturated rings. The van der Waals surface area contributed by atoms with Crippen molar-refractivity contribution in [1.82, 2.24) is 4.72 Å².